The minimum Gasteiger partial charge on any atom is -0.339 e. The summed E-state index contributed by atoms with van der Waals surface area (Å²) < 4.78 is 0. The number of carbonyl (C=O) groups excluding carboxylic acids is 3. The molecule has 0 saturated carbocycles. The Labute approximate surface area is 155 Å². The Morgan fingerprint density at radius 1 is 1.04 bits per heavy atom. The van der Waals surface area contributed by atoms with E-state index in [1.165, 1.54) is 6.92 Å². The summed E-state index contributed by atoms with van der Waals surface area (Å²) in [6.45, 7) is 11.3. The average molecular weight is 359 g/mol. The molecule has 1 aromatic carbocycles. The Morgan fingerprint density at radius 3 is 2.12 bits per heavy atom. The van der Waals surface area contributed by atoms with Crippen LogP contribution in [0.25, 0.3) is 0 Å². The summed E-state index contributed by atoms with van der Waals surface area (Å²) in [5.41, 5.74) is 2.89. The van der Waals surface area contributed by atoms with Gasteiger partial charge in [0, 0.05) is 40.0 Å². The van der Waals surface area contributed by atoms with Crippen molar-refractivity contribution in [2.45, 2.75) is 40.5 Å². The molecule has 0 aromatic heterocycles. The zero-order valence-corrected chi connectivity index (χ0v) is 16.4. The molecule has 2 rings (SSSR count). The lowest BCUT2D eigenvalue weighted by atomic mass is 9.97. The third kappa shape index (κ3) is 4.42. The van der Waals surface area contributed by atoms with E-state index in [4.69, 9.17) is 0 Å². The van der Waals surface area contributed by atoms with Gasteiger partial charge >= 0.3 is 0 Å². The van der Waals surface area contributed by atoms with Crippen LogP contribution in [-0.2, 0) is 14.4 Å². The predicted octanol–water partition coefficient (Wildman–Crippen LogP) is 2.16. The van der Waals surface area contributed by atoms with Crippen molar-refractivity contribution in [1.82, 2.24) is 9.80 Å². The molecule has 142 valence electrons. The van der Waals surface area contributed by atoms with Crippen molar-refractivity contribution < 1.29 is 14.4 Å². The molecule has 0 bridgehead atoms. The first-order valence-corrected chi connectivity index (χ1v) is 9.13. The molecule has 6 nitrogen and oxygen atoms in total. The van der Waals surface area contributed by atoms with E-state index in [1.807, 2.05) is 25.1 Å². The Kier molecular flexibility index (Phi) is 6.40. The number of hydrogen-bond acceptors (Lipinski definition) is 3. The average Bonchev–Trinajstić information content (AvgIpc) is 2.59. The number of hydrogen-bond donors (Lipinski definition) is 0. The Bertz CT molecular complexity index is 692. The number of carbonyl (C=O) groups is 3. The minimum absolute atomic E-state index is 0.0278. The smallest absolute Gasteiger partial charge is 0.242 e. The summed E-state index contributed by atoms with van der Waals surface area (Å²) in [5, 5.41) is 0. The molecule has 1 saturated heterocycles. The van der Waals surface area contributed by atoms with E-state index in [0.717, 1.165) is 16.8 Å². The largest absolute Gasteiger partial charge is 0.339 e. The third-order valence-corrected chi connectivity index (χ3v) is 4.91. The van der Waals surface area contributed by atoms with Crippen molar-refractivity contribution in [1.29, 1.82) is 0 Å². The van der Waals surface area contributed by atoms with Gasteiger partial charge < -0.3 is 14.7 Å². The van der Waals surface area contributed by atoms with Gasteiger partial charge in [-0.25, -0.2) is 0 Å². The number of benzene rings is 1. The van der Waals surface area contributed by atoms with Crippen LogP contribution in [0.1, 0.15) is 44.7 Å². The van der Waals surface area contributed by atoms with Gasteiger partial charge in [0.2, 0.25) is 17.7 Å². The highest BCUT2D eigenvalue weighted by Crippen LogP contribution is 2.31. The molecule has 1 fully saturated rings. The van der Waals surface area contributed by atoms with E-state index in [1.54, 1.807) is 21.6 Å². The van der Waals surface area contributed by atoms with Gasteiger partial charge in [-0.2, -0.15) is 0 Å². The highest BCUT2D eigenvalue weighted by molar-refractivity contribution is 5.99. The van der Waals surface area contributed by atoms with Crippen LogP contribution < -0.4 is 4.90 Å². The normalized spacial score (nSPS) is 14.5. The van der Waals surface area contributed by atoms with Crippen molar-refractivity contribution in [2.24, 2.45) is 0 Å². The van der Waals surface area contributed by atoms with Crippen LogP contribution in [0.3, 0.4) is 0 Å². The van der Waals surface area contributed by atoms with Gasteiger partial charge in [-0.15, -0.1) is 0 Å². The molecule has 1 heterocycles. The van der Waals surface area contributed by atoms with Crippen LogP contribution in [0.4, 0.5) is 5.69 Å². The van der Waals surface area contributed by atoms with Gasteiger partial charge in [0.1, 0.15) is 6.54 Å². The molecular formula is C20H29N3O3. The van der Waals surface area contributed by atoms with E-state index in [0.29, 0.717) is 26.2 Å². The summed E-state index contributed by atoms with van der Waals surface area (Å²) >= 11 is 0. The third-order valence-electron chi connectivity index (χ3n) is 4.91. The molecule has 1 aromatic rings. The monoisotopic (exact) mass is 359 g/mol. The van der Waals surface area contributed by atoms with Crippen LogP contribution in [0.5, 0.6) is 0 Å². The van der Waals surface area contributed by atoms with E-state index >= 15 is 0 Å². The summed E-state index contributed by atoms with van der Waals surface area (Å²) in [5.74, 6) is 0.0585. The number of aryl methyl sites for hydroxylation is 1. The molecular weight excluding hydrogens is 330 g/mol. The van der Waals surface area contributed by atoms with Gasteiger partial charge in [-0.1, -0.05) is 32.0 Å². The molecule has 0 aliphatic carbocycles. The summed E-state index contributed by atoms with van der Waals surface area (Å²) in [6.07, 6.45) is 0. The lowest BCUT2D eigenvalue weighted by molar-refractivity contribution is -0.137. The first kappa shape index (κ1) is 19.9. The Morgan fingerprint density at radius 2 is 1.62 bits per heavy atom. The molecule has 0 radical (unpaired) electrons. The van der Waals surface area contributed by atoms with Crippen LogP contribution in [0.2, 0.25) is 0 Å². The SMILES string of the molecule is CC(=O)N1CCN(C(=O)CN(C(C)=O)c2c(C)cccc2C(C)C)CC1. The van der Waals surface area contributed by atoms with Crippen molar-refractivity contribution in [2.75, 3.05) is 37.6 Å². The number of para-hydroxylation sites is 1. The number of anilines is 1. The molecule has 6 heteroatoms. The zero-order valence-electron chi connectivity index (χ0n) is 16.4. The van der Waals surface area contributed by atoms with E-state index in [2.05, 4.69) is 13.8 Å². The maximum atomic E-state index is 12.8. The maximum absolute atomic E-state index is 12.8. The Balaban J connectivity index is 2.19. The highest BCUT2D eigenvalue weighted by Gasteiger charge is 2.27. The van der Waals surface area contributed by atoms with Crippen LogP contribution in [0.15, 0.2) is 18.2 Å². The van der Waals surface area contributed by atoms with Crippen LogP contribution in [-0.4, -0.2) is 60.2 Å². The van der Waals surface area contributed by atoms with E-state index < -0.39 is 0 Å². The predicted molar refractivity (Wildman–Crippen MR) is 102 cm³/mol. The molecule has 1 aliphatic rings. The van der Waals surface area contributed by atoms with Crippen LogP contribution in [0, 0.1) is 6.92 Å². The Hall–Kier alpha value is -2.37. The van der Waals surface area contributed by atoms with Gasteiger partial charge in [0.05, 0.1) is 5.69 Å². The van der Waals surface area contributed by atoms with Crippen molar-refractivity contribution in [3.63, 3.8) is 0 Å². The van der Waals surface area contributed by atoms with E-state index in [9.17, 15) is 14.4 Å². The van der Waals surface area contributed by atoms with Crippen molar-refractivity contribution in [3.8, 4) is 0 Å². The number of piperazine rings is 1. The zero-order chi connectivity index (χ0) is 19.4. The summed E-state index contributed by atoms with van der Waals surface area (Å²) in [7, 11) is 0. The fourth-order valence-electron chi connectivity index (χ4n) is 3.37. The van der Waals surface area contributed by atoms with Crippen molar-refractivity contribution in [3.05, 3.63) is 29.3 Å². The summed E-state index contributed by atoms with van der Waals surface area (Å²) in [4.78, 5) is 41.6. The molecule has 0 spiro atoms. The second kappa shape index (κ2) is 8.34. The van der Waals surface area contributed by atoms with Gasteiger partial charge in [0.15, 0.2) is 0 Å². The fourth-order valence-corrected chi connectivity index (χ4v) is 3.37. The topological polar surface area (TPSA) is 60.9 Å². The van der Waals surface area contributed by atoms with Gasteiger partial charge in [-0.05, 0) is 24.0 Å². The van der Waals surface area contributed by atoms with Crippen molar-refractivity contribution >= 4 is 23.4 Å². The number of rotatable bonds is 4. The number of amides is 3. The standard InChI is InChI=1S/C20H29N3O3/c1-14(2)18-8-6-7-15(3)20(18)23(17(5)25)13-19(26)22-11-9-21(10-12-22)16(4)24/h6-8,14H,9-13H2,1-5H3. The molecule has 0 N–H and O–H groups in total. The van der Waals surface area contributed by atoms with Gasteiger partial charge in [0.25, 0.3) is 0 Å². The molecule has 3 amide bonds. The summed E-state index contributed by atoms with van der Waals surface area (Å²) in [6, 6.07) is 5.96. The quantitative estimate of drug-likeness (QED) is 0.828. The first-order chi connectivity index (χ1) is 12.2. The van der Waals surface area contributed by atoms with Crippen LogP contribution >= 0.6 is 0 Å². The highest BCUT2D eigenvalue weighted by atomic mass is 16.2. The number of nitrogens with zero attached hydrogens (tertiary/aromatic N) is 3. The van der Waals surface area contributed by atoms with Gasteiger partial charge in [-0.3, -0.25) is 14.4 Å². The fraction of sp³-hybridized carbons (Fsp3) is 0.550. The molecule has 1 aliphatic heterocycles. The second-order valence-corrected chi connectivity index (χ2v) is 7.16. The molecule has 0 atom stereocenters. The van der Waals surface area contributed by atoms with E-state index in [-0.39, 0.29) is 30.2 Å². The lowest BCUT2D eigenvalue weighted by Crippen LogP contribution is -2.52. The lowest BCUT2D eigenvalue weighted by Gasteiger charge is -2.35. The minimum atomic E-state index is -0.142. The first-order valence-electron chi connectivity index (χ1n) is 9.13. The second-order valence-electron chi connectivity index (χ2n) is 7.16. The maximum Gasteiger partial charge on any atom is 0.242 e. The molecule has 26 heavy (non-hydrogen) atoms. The molecule has 0 unspecified atom stereocenters.